The number of guanidine groups is 1. The van der Waals surface area contributed by atoms with Gasteiger partial charge in [-0.2, -0.15) is 11.8 Å². The van der Waals surface area contributed by atoms with Crippen molar-refractivity contribution >= 4 is 53.3 Å². The SMILES string of the molecule is CN=C(NCCN1C(=O)Cc2ccccc21)N1CCSC(C(C)C)C1.I. The van der Waals surface area contributed by atoms with Crippen molar-refractivity contribution in [2.45, 2.75) is 25.5 Å². The fraction of sp³-hybridized carbons (Fsp3) is 0.579. The van der Waals surface area contributed by atoms with Gasteiger partial charge in [0.05, 0.1) is 6.42 Å². The number of aliphatic imine (C=N–C) groups is 1. The largest absolute Gasteiger partial charge is 0.354 e. The average Bonchev–Trinajstić information content (AvgIpc) is 2.94. The molecule has 7 heteroatoms. The molecule has 1 saturated heterocycles. The number of nitrogens with zero attached hydrogens (tertiary/aromatic N) is 3. The van der Waals surface area contributed by atoms with Crippen molar-refractivity contribution in [3.05, 3.63) is 29.8 Å². The highest BCUT2D eigenvalue weighted by Gasteiger charge is 2.27. The quantitative estimate of drug-likeness (QED) is 0.403. The summed E-state index contributed by atoms with van der Waals surface area (Å²) in [5.41, 5.74) is 2.18. The summed E-state index contributed by atoms with van der Waals surface area (Å²) in [6, 6.07) is 8.06. The summed E-state index contributed by atoms with van der Waals surface area (Å²) in [7, 11) is 1.84. The number of thioether (sulfide) groups is 1. The van der Waals surface area contributed by atoms with Crippen LogP contribution in [0.4, 0.5) is 5.69 Å². The molecule has 1 N–H and O–H groups in total. The summed E-state index contributed by atoms with van der Waals surface area (Å²) in [6.07, 6.45) is 0.518. The molecule has 2 aliphatic heterocycles. The second-order valence-electron chi connectivity index (χ2n) is 6.92. The van der Waals surface area contributed by atoms with Gasteiger partial charge in [0.25, 0.3) is 0 Å². The molecule has 1 amide bonds. The molecule has 1 aromatic carbocycles. The molecular weight excluding hydrogens is 459 g/mol. The molecule has 0 saturated carbocycles. The Hall–Kier alpha value is -0.960. The van der Waals surface area contributed by atoms with E-state index in [2.05, 4.69) is 40.8 Å². The van der Waals surface area contributed by atoms with E-state index in [9.17, 15) is 4.79 Å². The van der Waals surface area contributed by atoms with E-state index in [1.165, 1.54) is 0 Å². The van der Waals surface area contributed by atoms with E-state index in [1.807, 2.05) is 36.2 Å². The number of carbonyl (C=O) groups excluding carboxylic acids is 1. The number of rotatable bonds is 4. The van der Waals surface area contributed by atoms with Gasteiger partial charge in [-0.1, -0.05) is 32.0 Å². The third kappa shape index (κ3) is 4.85. The Morgan fingerprint density at radius 2 is 2.15 bits per heavy atom. The maximum Gasteiger partial charge on any atom is 0.231 e. The summed E-state index contributed by atoms with van der Waals surface area (Å²) < 4.78 is 0. The molecule has 0 aliphatic carbocycles. The summed E-state index contributed by atoms with van der Waals surface area (Å²) in [4.78, 5) is 20.9. The molecule has 2 heterocycles. The van der Waals surface area contributed by atoms with Crippen LogP contribution in [0.2, 0.25) is 0 Å². The summed E-state index contributed by atoms with van der Waals surface area (Å²) in [5, 5.41) is 4.10. The Labute approximate surface area is 178 Å². The standard InChI is InChI=1S/C19H28N4OS.HI/c1-14(2)17-13-22(10-11-25-17)19(20-3)21-8-9-23-16-7-5-4-6-15(16)12-18(23)24;/h4-7,14,17H,8-13H2,1-3H3,(H,20,21);1H. The molecule has 144 valence electrons. The molecule has 0 radical (unpaired) electrons. The molecule has 1 fully saturated rings. The maximum absolute atomic E-state index is 12.3. The number of benzene rings is 1. The second-order valence-corrected chi connectivity index (χ2v) is 8.27. The lowest BCUT2D eigenvalue weighted by Crippen LogP contribution is -2.50. The van der Waals surface area contributed by atoms with Crippen LogP contribution in [0.5, 0.6) is 0 Å². The first-order valence-corrected chi connectivity index (χ1v) is 10.1. The van der Waals surface area contributed by atoms with Crippen LogP contribution in [-0.4, -0.2) is 61.0 Å². The molecule has 1 aromatic rings. The smallest absolute Gasteiger partial charge is 0.231 e. The predicted octanol–water partition coefficient (Wildman–Crippen LogP) is 2.84. The molecule has 0 aromatic heterocycles. The van der Waals surface area contributed by atoms with Gasteiger partial charge in [-0.25, -0.2) is 0 Å². The third-order valence-electron chi connectivity index (χ3n) is 4.89. The fourth-order valence-corrected chi connectivity index (χ4v) is 4.74. The van der Waals surface area contributed by atoms with E-state index < -0.39 is 0 Å². The van der Waals surface area contributed by atoms with Crippen molar-refractivity contribution in [2.75, 3.05) is 43.9 Å². The van der Waals surface area contributed by atoms with Crippen molar-refractivity contribution < 1.29 is 4.79 Å². The van der Waals surface area contributed by atoms with Crippen LogP contribution in [0.15, 0.2) is 29.3 Å². The topological polar surface area (TPSA) is 47.9 Å². The van der Waals surface area contributed by atoms with Crippen LogP contribution in [0.1, 0.15) is 19.4 Å². The van der Waals surface area contributed by atoms with Crippen molar-refractivity contribution in [3.63, 3.8) is 0 Å². The van der Waals surface area contributed by atoms with E-state index >= 15 is 0 Å². The minimum absolute atomic E-state index is 0. The summed E-state index contributed by atoms with van der Waals surface area (Å²) in [5.74, 6) is 2.95. The molecule has 0 spiro atoms. The number of hydrogen-bond donors (Lipinski definition) is 1. The van der Waals surface area contributed by atoms with Crippen molar-refractivity contribution in [2.24, 2.45) is 10.9 Å². The van der Waals surface area contributed by atoms with Crippen LogP contribution < -0.4 is 10.2 Å². The maximum atomic E-state index is 12.3. The normalized spacial score (nSPS) is 20.2. The van der Waals surface area contributed by atoms with Crippen LogP contribution in [0.3, 0.4) is 0 Å². The van der Waals surface area contributed by atoms with Gasteiger partial charge >= 0.3 is 0 Å². The number of para-hydroxylation sites is 1. The van der Waals surface area contributed by atoms with E-state index in [0.717, 1.165) is 36.1 Å². The van der Waals surface area contributed by atoms with E-state index in [0.29, 0.717) is 30.7 Å². The van der Waals surface area contributed by atoms with E-state index in [-0.39, 0.29) is 29.9 Å². The van der Waals surface area contributed by atoms with Gasteiger partial charge in [-0.15, -0.1) is 24.0 Å². The summed E-state index contributed by atoms with van der Waals surface area (Å²) >= 11 is 2.06. The average molecular weight is 488 g/mol. The first-order valence-electron chi connectivity index (χ1n) is 9.05. The minimum Gasteiger partial charge on any atom is -0.354 e. The molecule has 0 bridgehead atoms. The van der Waals surface area contributed by atoms with E-state index in [1.54, 1.807) is 0 Å². The molecule has 26 heavy (non-hydrogen) atoms. The lowest BCUT2D eigenvalue weighted by atomic mass is 10.1. The third-order valence-corrected chi connectivity index (χ3v) is 6.43. The van der Waals surface area contributed by atoms with Crippen LogP contribution in [0, 0.1) is 5.92 Å². The minimum atomic E-state index is 0. The first-order chi connectivity index (χ1) is 12.1. The Morgan fingerprint density at radius 1 is 1.38 bits per heavy atom. The molecule has 1 unspecified atom stereocenters. The number of halogens is 1. The molecule has 2 aliphatic rings. The van der Waals surface area contributed by atoms with Gasteiger partial charge in [0.1, 0.15) is 0 Å². The van der Waals surface area contributed by atoms with Gasteiger partial charge in [-0.05, 0) is 17.5 Å². The Kier molecular flexibility index (Phi) is 8.06. The molecular formula is C19H29IN4OS. The van der Waals surface area contributed by atoms with Crippen molar-refractivity contribution in [1.29, 1.82) is 0 Å². The van der Waals surface area contributed by atoms with Gasteiger partial charge < -0.3 is 15.1 Å². The van der Waals surface area contributed by atoms with Gasteiger partial charge in [-0.3, -0.25) is 9.79 Å². The van der Waals surface area contributed by atoms with Crippen LogP contribution >= 0.6 is 35.7 Å². The number of nitrogens with one attached hydrogen (secondary N) is 1. The highest BCUT2D eigenvalue weighted by Crippen LogP contribution is 2.28. The Morgan fingerprint density at radius 3 is 2.88 bits per heavy atom. The monoisotopic (exact) mass is 488 g/mol. The highest BCUT2D eigenvalue weighted by molar-refractivity contribution is 14.0. The first kappa shape index (κ1) is 21.3. The van der Waals surface area contributed by atoms with E-state index in [4.69, 9.17) is 0 Å². The van der Waals surface area contributed by atoms with Crippen LogP contribution in [-0.2, 0) is 11.2 Å². The number of fused-ring (bicyclic) bond motifs is 1. The Balaban J connectivity index is 0.00000243. The zero-order chi connectivity index (χ0) is 17.8. The van der Waals surface area contributed by atoms with Gasteiger partial charge in [0.2, 0.25) is 5.91 Å². The predicted molar refractivity (Wildman–Crippen MR) is 122 cm³/mol. The Bertz CT molecular complexity index is 652. The van der Waals surface area contributed by atoms with Gasteiger partial charge in [0, 0.05) is 49.9 Å². The number of hydrogen-bond acceptors (Lipinski definition) is 3. The lowest BCUT2D eigenvalue weighted by molar-refractivity contribution is -0.117. The van der Waals surface area contributed by atoms with Crippen molar-refractivity contribution in [3.8, 4) is 0 Å². The second kappa shape index (κ2) is 9.82. The molecule has 5 nitrogen and oxygen atoms in total. The zero-order valence-corrected chi connectivity index (χ0v) is 18.9. The number of carbonyl (C=O) groups is 1. The lowest BCUT2D eigenvalue weighted by Gasteiger charge is -2.36. The summed E-state index contributed by atoms with van der Waals surface area (Å²) in [6.45, 7) is 8.02. The van der Waals surface area contributed by atoms with Gasteiger partial charge in [0.15, 0.2) is 5.96 Å². The molecule has 1 atom stereocenters. The number of anilines is 1. The zero-order valence-electron chi connectivity index (χ0n) is 15.8. The van der Waals surface area contributed by atoms with Crippen molar-refractivity contribution in [1.82, 2.24) is 10.2 Å². The fourth-order valence-electron chi connectivity index (χ4n) is 3.44. The number of amides is 1. The van der Waals surface area contributed by atoms with Crippen LogP contribution in [0.25, 0.3) is 0 Å². The molecule has 3 rings (SSSR count). The highest BCUT2D eigenvalue weighted by atomic mass is 127.